The normalized spacial score (nSPS) is 19.4. The summed E-state index contributed by atoms with van der Waals surface area (Å²) in [6, 6.07) is 4.77. The molecule has 25 heavy (non-hydrogen) atoms. The van der Waals surface area contributed by atoms with E-state index in [1.807, 2.05) is 6.92 Å². The van der Waals surface area contributed by atoms with Gasteiger partial charge in [-0.2, -0.15) is 0 Å². The van der Waals surface area contributed by atoms with Crippen LogP contribution in [0.2, 0.25) is 0 Å². The monoisotopic (exact) mass is 343 g/mol. The molecule has 0 aromatic heterocycles. The van der Waals surface area contributed by atoms with Gasteiger partial charge in [-0.25, -0.2) is 0 Å². The van der Waals surface area contributed by atoms with Crippen LogP contribution in [-0.4, -0.2) is 48.8 Å². The summed E-state index contributed by atoms with van der Waals surface area (Å²) in [6.07, 6.45) is 3.80. The maximum Gasteiger partial charge on any atom is 0.261 e. The number of hydrogen-bond acceptors (Lipinski definition) is 4. The molecule has 6 heteroatoms. The Morgan fingerprint density at radius 3 is 2.80 bits per heavy atom. The molecule has 2 aliphatic heterocycles. The summed E-state index contributed by atoms with van der Waals surface area (Å²) in [7, 11) is 0. The molecule has 0 aliphatic carbocycles. The van der Waals surface area contributed by atoms with Crippen molar-refractivity contribution in [3.63, 3.8) is 0 Å². The third-order valence-corrected chi connectivity index (χ3v) is 4.97. The van der Waals surface area contributed by atoms with Gasteiger partial charge in [0.25, 0.3) is 17.7 Å². The van der Waals surface area contributed by atoms with Gasteiger partial charge in [-0.15, -0.1) is 0 Å². The molecule has 1 saturated heterocycles. The molecule has 6 nitrogen and oxygen atoms in total. The van der Waals surface area contributed by atoms with Crippen molar-refractivity contribution in [3.05, 3.63) is 34.9 Å². The highest BCUT2D eigenvalue weighted by Gasteiger charge is 2.35. The number of hydrogen-bond donors (Lipinski definition) is 2. The third-order valence-electron chi connectivity index (χ3n) is 4.97. The minimum Gasteiger partial charge on any atom is -0.352 e. The van der Waals surface area contributed by atoms with Gasteiger partial charge in [0.1, 0.15) is 0 Å². The summed E-state index contributed by atoms with van der Waals surface area (Å²) in [5, 5.41) is 6.22. The smallest absolute Gasteiger partial charge is 0.261 e. The average Bonchev–Trinajstić information content (AvgIpc) is 3.21. The predicted octanol–water partition coefficient (Wildman–Crippen LogP) is 1.81. The van der Waals surface area contributed by atoms with E-state index < -0.39 is 0 Å². The second-order valence-electron chi connectivity index (χ2n) is 6.78. The van der Waals surface area contributed by atoms with Crippen LogP contribution in [0.4, 0.5) is 0 Å². The molecule has 1 aromatic carbocycles. The summed E-state index contributed by atoms with van der Waals surface area (Å²) in [5.74, 6) is -0.123. The molecule has 1 aromatic rings. The van der Waals surface area contributed by atoms with Crippen LogP contribution in [0.1, 0.15) is 63.7 Å². The highest BCUT2D eigenvalue weighted by molar-refractivity contribution is 6.22. The van der Waals surface area contributed by atoms with Gasteiger partial charge in [-0.05, 0) is 56.5 Å². The molecule has 3 amide bonds. The van der Waals surface area contributed by atoms with Gasteiger partial charge in [0.05, 0.1) is 11.1 Å². The highest BCUT2D eigenvalue weighted by Crippen LogP contribution is 2.24. The zero-order valence-corrected chi connectivity index (χ0v) is 14.6. The lowest BCUT2D eigenvalue weighted by Crippen LogP contribution is -2.30. The number of imide groups is 1. The Morgan fingerprint density at radius 2 is 2.08 bits per heavy atom. The van der Waals surface area contributed by atoms with E-state index >= 15 is 0 Å². The molecule has 0 spiro atoms. The van der Waals surface area contributed by atoms with Gasteiger partial charge in [-0.3, -0.25) is 19.3 Å². The Kier molecular flexibility index (Phi) is 5.48. The number of fused-ring (bicyclic) bond motifs is 1. The van der Waals surface area contributed by atoms with Crippen molar-refractivity contribution in [2.75, 3.05) is 26.2 Å². The number of nitrogens with zero attached hydrogens (tertiary/aromatic N) is 1. The zero-order chi connectivity index (χ0) is 17.8. The Bertz CT molecular complexity index is 680. The molecule has 3 rings (SSSR count). The van der Waals surface area contributed by atoms with E-state index in [1.165, 1.54) is 4.90 Å². The number of benzene rings is 1. The molecule has 2 heterocycles. The van der Waals surface area contributed by atoms with Gasteiger partial charge in [0, 0.05) is 18.7 Å². The number of nitrogens with one attached hydrogen (secondary N) is 2. The minimum atomic E-state index is -0.292. The van der Waals surface area contributed by atoms with Crippen molar-refractivity contribution in [1.29, 1.82) is 0 Å². The predicted molar refractivity (Wildman–Crippen MR) is 94.6 cm³/mol. The number of carbonyl (C=O) groups excluding carboxylic acids is 3. The molecule has 2 N–H and O–H groups in total. The summed E-state index contributed by atoms with van der Waals surface area (Å²) < 4.78 is 0. The molecule has 0 saturated carbocycles. The summed E-state index contributed by atoms with van der Waals surface area (Å²) in [4.78, 5) is 38.4. The van der Waals surface area contributed by atoms with Crippen LogP contribution in [-0.2, 0) is 0 Å². The van der Waals surface area contributed by atoms with Crippen LogP contribution in [0.25, 0.3) is 0 Å². The molecule has 1 atom stereocenters. The maximum atomic E-state index is 12.4. The third kappa shape index (κ3) is 3.74. The fourth-order valence-electron chi connectivity index (χ4n) is 3.40. The van der Waals surface area contributed by atoms with Gasteiger partial charge >= 0.3 is 0 Å². The van der Waals surface area contributed by atoms with E-state index in [0.717, 1.165) is 38.8 Å². The summed E-state index contributed by atoms with van der Waals surface area (Å²) >= 11 is 0. The van der Waals surface area contributed by atoms with E-state index in [2.05, 4.69) is 10.6 Å². The van der Waals surface area contributed by atoms with Crippen molar-refractivity contribution in [3.8, 4) is 0 Å². The standard InChI is InChI=1S/C19H25N3O3/c1-2-3-10-22-18(24)15-5-4-14(11-16(15)19(22)25)17(23)21-9-7-13-6-8-20-12-13/h4-5,11,13,20H,2-3,6-10,12H2,1H3,(H,21,23). The average molecular weight is 343 g/mol. The molecule has 134 valence electrons. The second-order valence-corrected chi connectivity index (χ2v) is 6.78. The van der Waals surface area contributed by atoms with Gasteiger partial charge < -0.3 is 10.6 Å². The van der Waals surface area contributed by atoms with Crippen LogP contribution in [0.15, 0.2) is 18.2 Å². The number of amides is 3. The van der Waals surface area contributed by atoms with E-state index in [4.69, 9.17) is 0 Å². The van der Waals surface area contributed by atoms with E-state index in [0.29, 0.717) is 35.7 Å². The summed E-state index contributed by atoms with van der Waals surface area (Å²) in [5.41, 5.74) is 1.17. The topological polar surface area (TPSA) is 78.5 Å². The molecule has 0 radical (unpaired) electrons. The van der Waals surface area contributed by atoms with Crippen LogP contribution in [0.5, 0.6) is 0 Å². The highest BCUT2D eigenvalue weighted by atomic mass is 16.2. The SMILES string of the molecule is CCCCN1C(=O)c2ccc(C(=O)NCCC3CCNC3)cc2C1=O. The minimum absolute atomic E-state index is 0.194. The fraction of sp³-hybridized carbons (Fsp3) is 0.526. The Balaban J connectivity index is 1.63. The van der Waals surface area contributed by atoms with Gasteiger partial charge in [-0.1, -0.05) is 13.3 Å². The quantitative estimate of drug-likeness (QED) is 0.740. The Hall–Kier alpha value is -2.21. The number of carbonyl (C=O) groups is 3. The van der Waals surface area contributed by atoms with E-state index in [9.17, 15) is 14.4 Å². The van der Waals surface area contributed by atoms with Crippen molar-refractivity contribution in [2.24, 2.45) is 5.92 Å². The van der Waals surface area contributed by atoms with Crippen LogP contribution in [0.3, 0.4) is 0 Å². The lowest BCUT2D eigenvalue weighted by molar-refractivity contribution is 0.0652. The van der Waals surface area contributed by atoms with E-state index in [-0.39, 0.29) is 17.7 Å². The number of unbranched alkanes of at least 4 members (excludes halogenated alkanes) is 1. The summed E-state index contributed by atoms with van der Waals surface area (Å²) in [6.45, 7) is 5.13. The van der Waals surface area contributed by atoms with Crippen molar-refractivity contribution >= 4 is 17.7 Å². The Labute approximate surface area is 148 Å². The zero-order valence-electron chi connectivity index (χ0n) is 14.6. The van der Waals surface area contributed by atoms with Crippen LogP contribution in [0, 0.1) is 5.92 Å². The first-order valence-corrected chi connectivity index (χ1v) is 9.11. The first-order valence-electron chi connectivity index (χ1n) is 9.11. The Morgan fingerprint density at radius 1 is 1.28 bits per heavy atom. The van der Waals surface area contributed by atoms with Crippen LogP contribution >= 0.6 is 0 Å². The van der Waals surface area contributed by atoms with E-state index in [1.54, 1.807) is 18.2 Å². The first kappa shape index (κ1) is 17.6. The van der Waals surface area contributed by atoms with Crippen molar-refractivity contribution < 1.29 is 14.4 Å². The first-order chi connectivity index (χ1) is 12.1. The molecule has 2 aliphatic rings. The lowest BCUT2D eigenvalue weighted by atomic mass is 10.0. The lowest BCUT2D eigenvalue weighted by Gasteiger charge is -2.12. The molecule has 1 fully saturated rings. The van der Waals surface area contributed by atoms with Gasteiger partial charge in [0.15, 0.2) is 0 Å². The maximum absolute atomic E-state index is 12.4. The fourth-order valence-corrected chi connectivity index (χ4v) is 3.40. The molecule has 1 unspecified atom stereocenters. The van der Waals surface area contributed by atoms with Crippen molar-refractivity contribution in [1.82, 2.24) is 15.5 Å². The van der Waals surface area contributed by atoms with Gasteiger partial charge in [0.2, 0.25) is 0 Å². The van der Waals surface area contributed by atoms with Crippen LogP contribution < -0.4 is 10.6 Å². The number of rotatable bonds is 7. The van der Waals surface area contributed by atoms with Crippen molar-refractivity contribution in [2.45, 2.75) is 32.6 Å². The largest absolute Gasteiger partial charge is 0.352 e. The molecular formula is C19H25N3O3. The molecular weight excluding hydrogens is 318 g/mol. The molecule has 0 bridgehead atoms. The second kappa shape index (κ2) is 7.78.